The van der Waals surface area contributed by atoms with Crippen LogP contribution in [0, 0.1) is 0 Å². The van der Waals surface area contributed by atoms with Gasteiger partial charge in [0.1, 0.15) is 0 Å². The van der Waals surface area contributed by atoms with Gasteiger partial charge in [-0.15, -0.1) is 0 Å². The molecule has 16 heavy (non-hydrogen) atoms. The van der Waals surface area contributed by atoms with E-state index in [0.717, 1.165) is 5.56 Å². The topological polar surface area (TPSA) is 64.7 Å². The molecule has 0 radical (unpaired) electrons. The van der Waals surface area contributed by atoms with Crippen molar-refractivity contribution in [3.8, 4) is 17.2 Å². The largest absolute Gasteiger partial charge is 0.504 e. The summed E-state index contributed by atoms with van der Waals surface area (Å²) in [5.41, 5.74) is 6.19. The van der Waals surface area contributed by atoms with Gasteiger partial charge in [0.2, 0.25) is 5.75 Å². The first-order valence-electron chi connectivity index (χ1n) is 5.13. The third-order valence-electron chi connectivity index (χ3n) is 2.01. The summed E-state index contributed by atoms with van der Waals surface area (Å²) in [5.74, 6) is 0.943. The van der Waals surface area contributed by atoms with Gasteiger partial charge in [-0.05, 0) is 24.6 Å². The van der Waals surface area contributed by atoms with Gasteiger partial charge in [0.05, 0.1) is 13.7 Å². The second-order valence-electron chi connectivity index (χ2n) is 3.14. The monoisotopic (exact) mass is 223 g/mol. The van der Waals surface area contributed by atoms with Crippen molar-refractivity contribution in [3.63, 3.8) is 0 Å². The van der Waals surface area contributed by atoms with Gasteiger partial charge in [-0.25, -0.2) is 0 Å². The van der Waals surface area contributed by atoms with E-state index < -0.39 is 0 Å². The molecule has 88 valence electrons. The summed E-state index contributed by atoms with van der Waals surface area (Å²) in [4.78, 5) is 0. The zero-order valence-corrected chi connectivity index (χ0v) is 9.56. The molecule has 0 aromatic heterocycles. The fourth-order valence-electron chi connectivity index (χ4n) is 1.38. The molecular weight excluding hydrogens is 206 g/mol. The predicted octanol–water partition coefficient (Wildman–Crippen LogP) is 1.77. The molecule has 1 rings (SSSR count). The smallest absolute Gasteiger partial charge is 0.203 e. The highest BCUT2D eigenvalue weighted by atomic mass is 16.5. The van der Waals surface area contributed by atoms with Crippen molar-refractivity contribution in [2.24, 2.45) is 5.73 Å². The van der Waals surface area contributed by atoms with Crippen LogP contribution in [-0.4, -0.2) is 25.4 Å². The Morgan fingerprint density at radius 1 is 1.44 bits per heavy atom. The quantitative estimate of drug-likeness (QED) is 0.798. The van der Waals surface area contributed by atoms with Crippen LogP contribution in [0.25, 0.3) is 6.08 Å². The van der Waals surface area contributed by atoms with Gasteiger partial charge in [0.25, 0.3) is 0 Å². The van der Waals surface area contributed by atoms with E-state index in [4.69, 9.17) is 15.2 Å². The number of hydrogen-bond acceptors (Lipinski definition) is 4. The normalized spacial score (nSPS) is 10.7. The fraction of sp³-hybridized carbons (Fsp3) is 0.333. The van der Waals surface area contributed by atoms with Gasteiger partial charge in [0.15, 0.2) is 11.5 Å². The lowest BCUT2D eigenvalue weighted by molar-refractivity contribution is 0.300. The molecule has 4 nitrogen and oxygen atoms in total. The molecule has 0 aliphatic carbocycles. The molecule has 0 amide bonds. The molecule has 4 heteroatoms. The summed E-state index contributed by atoms with van der Waals surface area (Å²) in [5, 5.41) is 9.73. The maximum atomic E-state index is 9.73. The lowest BCUT2D eigenvalue weighted by Gasteiger charge is -2.11. The van der Waals surface area contributed by atoms with Crippen molar-refractivity contribution in [3.05, 3.63) is 23.8 Å². The molecule has 1 aromatic carbocycles. The number of aromatic hydroxyl groups is 1. The van der Waals surface area contributed by atoms with E-state index in [2.05, 4.69) is 0 Å². The SMILES string of the molecule is CCOc1cc(/C=C/CN)cc(O)c1OC. The molecule has 0 fully saturated rings. The van der Waals surface area contributed by atoms with Gasteiger partial charge in [-0.3, -0.25) is 0 Å². The fourth-order valence-corrected chi connectivity index (χ4v) is 1.38. The third kappa shape index (κ3) is 2.90. The minimum absolute atomic E-state index is 0.0603. The molecule has 1 aromatic rings. The van der Waals surface area contributed by atoms with E-state index in [1.165, 1.54) is 7.11 Å². The van der Waals surface area contributed by atoms with Crippen LogP contribution < -0.4 is 15.2 Å². The Hall–Kier alpha value is -1.68. The lowest BCUT2D eigenvalue weighted by Crippen LogP contribution is -1.96. The molecule has 0 spiro atoms. The Kier molecular flexibility index (Phi) is 4.66. The van der Waals surface area contributed by atoms with Crippen LogP contribution in [0.15, 0.2) is 18.2 Å². The van der Waals surface area contributed by atoms with Gasteiger partial charge >= 0.3 is 0 Å². The summed E-state index contributed by atoms with van der Waals surface area (Å²) in [7, 11) is 1.49. The van der Waals surface area contributed by atoms with Crippen molar-refractivity contribution in [1.82, 2.24) is 0 Å². The Balaban J connectivity index is 3.11. The highest BCUT2D eigenvalue weighted by molar-refractivity contribution is 5.61. The van der Waals surface area contributed by atoms with Crippen molar-refractivity contribution < 1.29 is 14.6 Å². The number of phenolic OH excluding ortho intramolecular Hbond substituents is 1. The number of benzene rings is 1. The van der Waals surface area contributed by atoms with Crippen LogP contribution in [0.5, 0.6) is 17.2 Å². The minimum atomic E-state index is 0.0603. The van der Waals surface area contributed by atoms with Crippen molar-refractivity contribution in [1.29, 1.82) is 0 Å². The molecule has 0 saturated heterocycles. The van der Waals surface area contributed by atoms with Gasteiger partial charge in [0, 0.05) is 6.54 Å². The summed E-state index contributed by atoms with van der Waals surface area (Å²) in [6.45, 7) is 2.84. The van der Waals surface area contributed by atoms with E-state index in [1.807, 2.05) is 13.0 Å². The van der Waals surface area contributed by atoms with Crippen LogP contribution >= 0.6 is 0 Å². The Morgan fingerprint density at radius 2 is 2.19 bits per heavy atom. The maximum Gasteiger partial charge on any atom is 0.203 e. The Labute approximate surface area is 95.3 Å². The van der Waals surface area contributed by atoms with Crippen LogP contribution in [0.1, 0.15) is 12.5 Å². The first-order chi connectivity index (χ1) is 7.72. The number of hydrogen-bond donors (Lipinski definition) is 2. The third-order valence-corrected chi connectivity index (χ3v) is 2.01. The second-order valence-corrected chi connectivity index (χ2v) is 3.14. The zero-order chi connectivity index (χ0) is 12.0. The van der Waals surface area contributed by atoms with Crippen molar-refractivity contribution in [2.45, 2.75) is 6.92 Å². The summed E-state index contributed by atoms with van der Waals surface area (Å²) < 4.78 is 10.4. The van der Waals surface area contributed by atoms with Gasteiger partial charge in [-0.2, -0.15) is 0 Å². The summed E-state index contributed by atoms with van der Waals surface area (Å²) >= 11 is 0. The highest BCUT2D eigenvalue weighted by Crippen LogP contribution is 2.37. The Bertz CT molecular complexity index is 375. The number of phenols is 1. The number of methoxy groups -OCH3 is 1. The van der Waals surface area contributed by atoms with Gasteiger partial charge < -0.3 is 20.3 Å². The van der Waals surface area contributed by atoms with Crippen molar-refractivity contribution >= 4 is 6.08 Å². The number of rotatable bonds is 5. The molecular formula is C12H17NO3. The average Bonchev–Trinajstić information content (AvgIpc) is 2.26. The number of ether oxygens (including phenoxy) is 2. The predicted molar refractivity (Wildman–Crippen MR) is 63.9 cm³/mol. The summed E-state index contributed by atoms with van der Waals surface area (Å²) in [6, 6.07) is 3.40. The Morgan fingerprint density at radius 3 is 2.75 bits per heavy atom. The molecule has 3 N–H and O–H groups in total. The standard InChI is InChI=1S/C12H17NO3/c1-3-16-11-8-9(5-4-6-13)7-10(14)12(11)15-2/h4-5,7-8,14H,3,6,13H2,1-2H3/b5-4+. The maximum absolute atomic E-state index is 9.73. The number of nitrogens with two attached hydrogens (primary N) is 1. The van der Waals surface area contributed by atoms with E-state index in [1.54, 1.807) is 18.2 Å². The minimum Gasteiger partial charge on any atom is -0.504 e. The van der Waals surface area contributed by atoms with E-state index in [0.29, 0.717) is 24.7 Å². The van der Waals surface area contributed by atoms with Crippen LogP contribution in [0.3, 0.4) is 0 Å². The second kappa shape index (κ2) is 6.02. The van der Waals surface area contributed by atoms with Crippen molar-refractivity contribution in [2.75, 3.05) is 20.3 Å². The van der Waals surface area contributed by atoms with E-state index in [9.17, 15) is 5.11 Å². The highest BCUT2D eigenvalue weighted by Gasteiger charge is 2.10. The molecule has 0 saturated carbocycles. The van der Waals surface area contributed by atoms with Crippen LogP contribution in [-0.2, 0) is 0 Å². The lowest BCUT2D eigenvalue weighted by atomic mass is 10.1. The molecule has 0 aliphatic rings. The average molecular weight is 223 g/mol. The first-order valence-corrected chi connectivity index (χ1v) is 5.13. The summed E-state index contributed by atoms with van der Waals surface area (Å²) in [6.07, 6.45) is 3.62. The molecule has 0 heterocycles. The molecule has 0 atom stereocenters. The van der Waals surface area contributed by atoms with Gasteiger partial charge in [-0.1, -0.05) is 12.2 Å². The van der Waals surface area contributed by atoms with E-state index in [-0.39, 0.29) is 5.75 Å². The first kappa shape index (κ1) is 12.4. The van der Waals surface area contributed by atoms with Crippen LogP contribution in [0.4, 0.5) is 0 Å². The molecule has 0 aliphatic heterocycles. The molecule has 0 bridgehead atoms. The van der Waals surface area contributed by atoms with Crippen LogP contribution in [0.2, 0.25) is 0 Å². The molecule has 0 unspecified atom stereocenters. The van der Waals surface area contributed by atoms with E-state index >= 15 is 0 Å². The zero-order valence-electron chi connectivity index (χ0n) is 9.56.